The second kappa shape index (κ2) is 4.49. The summed E-state index contributed by atoms with van der Waals surface area (Å²) in [5.74, 6) is 1.30. The van der Waals surface area contributed by atoms with Crippen molar-refractivity contribution in [2.24, 2.45) is 0 Å². The van der Waals surface area contributed by atoms with E-state index in [1.54, 1.807) is 6.20 Å². The van der Waals surface area contributed by atoms with E-state index >= 15 is 0 Å². The van der Waals surface area contributed by atoms with Crippen molar-refractivity contribution < 1.29 is 0 Å². The van der Waals surface area contributed by atoms with Crippen LogP contribution in [0.15, 0.2) is 24.5 Å². The maximum absolute atomic E-state index is 5.89. The monoisotopic (exact) mass is 247 g/mol. The summed E-state index contributed by atoms with van der Waals surface area (Å²) in [6.07, 6.45) is 7.03. The molecule has 3 nitrogen and oxygen atoms in total. The van der Waals surface area contributed by atoms with Crippen molar-refractivity contribution in [2.75, 3.05) is 5.88 Å². The van der Waals surface area contributed by atoms with Crippen LogP contribution >= 0.6 is 11.6 Å². The summed E-state index contributed by atoms with van der Waals surface area (Å²) in [7, 11) is 0. The molecule has 0 amide bonds. The van der Waals surface area contributed by atoms with Gasteiger partial charge in [-0.05, 0) is 31.4 Å². The van der Waals surface area contributed by atoms with Crippen molar-refractivity contribution in [2.45, 2.75) is 25.2 Å². The van der Waals surface area contributed by atoms with Crippen LogP contribution in [0.1, 0.15) is 30.0 Å². The first-order valence-corrected chi connectivity index (χ1v) is 6.47. The number of nitrogens with one attached hydrogen (secondary N) is 1. The van der Waals surface area contributed by atoms with Crippen LogP contribution in [0.4, 0.5) is 0 Å². The predicted molar refractivity (Wildman–Crippen MR) is 68.2 cm³/mol. The van der Waals surface area contributed by atoms with Crippen LogP contribution in [0.2, 0.25) is 0 Å². The minimum absolute atomic E-state index is 0.631. The lowest BCUT2D eigenvalue weighted by atomic mass is 10.0. The summed E-state index contributed by atoms with van der Waals surface area (Å²) in [5.41, 5.74) is 4.64. The number of hydrogen-bond acceptors (Lipinski definition) is 2. The van der Waals surface area contributed by atoms with Crippen LogP contribution < -0.4 is 0 Å². The largest absolute Gasteiger partial charge is 0.281 e. The third kappa shape index (κ3) is 2.07. The predicted octanol–water partition coefficient (Wildman–Crippen LogP) is 3.13. The molecule has 1 N–H and O–H groups in total. The van der Waals surface area contributed by atoms with Gasteiger partial charge in [-0.3, -0.25) is 10.1 Å². The average Bonchev–Trinajstić information content (AvgIpc) is 3.13. The molecule has 4 heteroatoms. The highest BCUT2D eigenvalue weighted by Crippen LogP contribution is 2.42. The molecule has 1 fully saturated rings. The number of aromatic nitrogens is 3. The molecule has 0 spiro atoms. The number of halogens is 1. The van der Waals surface area contributed by atoms with Gasteiger partial charge in [0.25, 0.3) is 0 Å². The lowest BCUT2D eigenvalue weighted by Crippen LogP contribution is -1.93. The zero-order chi connectivity index (χ0) is 11.7. The van der Waals surface area contributed by atoms with E-state index in [1.807, 2.05) is 18.3 Å². The van der Waals surface area contributed by atoms with Crippen LogP contribution in [0, 0.1) is 0 Å². The third-order valence-corrected chi connectivity index (χ3v) is 3.35. The van der Waals surface area contributed by atoms with Gasteiger partial charge in [-0.25, -0.2) is 0 Å². The second-order valence-corrected chi connectivity index (χ2v) is 4.80. The Bertz CT molecular complexity index is 503. The summed E-state index contributed by atoms with van der Waals surface area (Å²) in [5, 5.41) is 7.63. The van der Waals surface area contributed by atoms with Crippen LogP contribution in [0.25, 0.3) is 11.3 Å². The Morgan fingerprint density at radius 2 is 2.29 bits per heavy atom. The summed E-state index contributed by atoms with van der Waals surface area (Å²) < 4.78 is 0. The molecule has 17 heavy (non-hydrogen) atoms. The highest BCUT2D eigenvalue weighted by molar-refractivity contribution is 6.18. The lowest BCUT2D eigenvalue weighted by Gasteiger charge is -2.02. The minimum atomic E-state index is 0.631. The smallest absolute Gasteiger partial charge is 0.0971 e. The highest BCUT2D eigenvalue weighted by Gasteiger charge is 2.29. The Morgan fingerprint density at radius 1 is 1.41 bits per heavy atom. The number of rotatable bonds is 4. The zero-order valence-corrected chi connectivity index (χ0v) is 10.2. The van der Waals surface area contributed by atoms with Crippen LogP contribution in [-0.4, -0.2) is 21.1 Å². The molecule has 1 aliphatic carbocycles. The number of hydrogen-bond donors (Lipinski definition) is 1. The van der Waals surface area contributed by atoms with Gasteiger partial charge in [-0.1, -0.05) is 0 Å². The van der Waals surface area contributed by atoms with E-state index in [-0.39, 0.29) is 0 Å². The van der Waals surface area contributed by atoms with Gasteiger partial charge in [-0.2, -0.15) is 5.10 Å². The normalized spacial score (nSPS) is 15.1. The maximum atomic E-state index is 5.89. The molecule has 3 rings (SSSR count). The molecule has 0 radical (unpaired) electrons. The molecular weight excluding hydrogens is 234 g/mol. The Kier molecular flexibility index (Phi) is 2.85. The minimum Gasteiger partial charge on any atom is -0.281 e. The number of nitrogens with zero attached hydrogens (tertiary/aromatic N) is 2. The van der Waals surface area contributed by atoms with Gasteiger partial charge in [0.1, 0.15) is 0 Å². The summed E-state index contributed by atoms with van der Waals surface area (Å²) in [4.78, 5) is 4.15. The van der Waals surface area contributed by atoms with Crippen molar-refractivity contribution in [1.82, 2.24) is 15.2 Å². The number of H-pyrrole nitrogens is 1. The van der Waals surface area contributed by atoms with Gasteiger partial charge in [0, 0.05) is 41.0 Å². The van der Waals surface area contributed by atoms with Gasteiger partial charge < -0.3 is 0 Å². The van der Waals surface area contributed by atoms with Gasteiger partial charge in [-0.15, -0.1) is 11.6 Å². The van der Waals surface area contributed by atoms with Gasteiger partial charge in [0.15, 0.2) is 0 Å². The van der Waals surface area contributed by atoms with Crippen LogP contribution in [0.5, 0.6) is 0 Å². The van der Waals surface area contributed by atoms with Crippen molar-refractivity contribution in [3.63, 3.8) is 0 Å². The van der Waals surface area contributed by atoms with E-state index in [2.05, 4.69) is 15.2 Å². The van der Waals surface area contributed by atoms with Crippen LogP contribution in [-0.2, 0) is 6.42 Å². The quantitative estimate of drug-likeness (QED) is 0.844. The van der Waals surface area contributed by atoms with Crippen molar-refractivity contribution >= 4 is 11.6 Å². The molecule has 88 valence electrons. The molecule has 1 saturated carbocycles. The van der Waals surface area contributed by atoms with E-state index in [4.69, 9.17) is 11.6 Å². The zero-order valence-electron chi connectivity index (χ0n) is 9.49. The molecule has 0 atom stereocenters. The first-order chi connectivity index (χ1) is 8.40. The van der Waals surface area contributed by atoms with E-state index in [1.165, 1.54) is 24.1 Å². The van der Waals surface area contributed by atoms with Gasteiger partial charge in [0.2, 0.25) is 0 Å². The third-order valence-electron chi connectivity index (χ3n) is 3.16. The fourth-order valence-electron chi connectivity index (χ4n) is 2.18. The molecule has 1 aliphatic rings. The van der Waals surface area contributed by atoms with Crippen molar-refractivity contribution in [1.29, 1.82) is 0 Å². The first kappa shape index (κ1) is 10.8. The standard InChI is InChI=1S/C13H14ClN3/c14-6-5-11-12(9-3-4-9)16-17-13(11)10-2-1-7-15-8-10/h1-2,7-9H,3-6H2,(H,16,17). The van der Waals surface area contributed by atoms with Crippen molar-refractivity contribution in [3.05, 3.63) is 35.8 Å². The number of aromatic amines is 1. The number of pyridine rings is 1. The van der Waals surface area contributed by atoms with E-state index in [0.29, 0.717) is 11.8 Å². The molecule has 0 bridgehead atoms. The van der Waals surface area contributed by atoms with E-state index in [0.717, 1.165) is 17.7 Å². The number of alkyl halides is 1. The molecule has 0 aliphatic heterocycles. The Balaban J connectivity index is 2.04. The Hall–Kier alpha value is -1.35. The molecule has 2 aromatic rings. The Labute approximate surface area is 105 Å². The molecule has 2 aromatic heterocycles. The summed E-state index contributed by atoms with van der Waals surface area (Å²) in [6, 6.07) is 3.98. The lowest BCUT2D eigenvalue weighted by molar-refractivity contribution is 0.947. The fourth-order valence-corrected chi connectivity index (χ4v) is 2.37. The van der Waals surface area contributed by atoms with Crippen molar-refractivity contribution in [3.8, 4) is 11.3 Å². The average molecular weight is 248 g/mol. The van der Waals surface area contributed by atoms with Gasteiger partial charge >= 0.3 is 0 Å². The second-order valence-electron chi connectivity index (χ2n) is 4.42. The molecular formula is C13H14ClN3. The van der Waals surface area contributed by atoms with E-state index in [9.17, 15) is 0 Å². The SMILES string of the molecule is ClCCc1c(-c2cccnc2)n[nH]c1C1CC1. The molecule has 0 saturated heterocycles. The molecule has 0 unspecified atom stereocenters. The maximum Gasteiger partial charge on any atom is 0.0971 e. The fraction of sp³-hybridized carbons (Fsp3) is 0.385. The highest BCUT2D eigenvalue weighted by atomic mass is 35.5. The summed E-state index contributed by atoms with van der Waals surface area (Å²) in [6.45, 7) is 0. The topological polar surface area (TPSA) is 41.6 Å². The molecule has 2 heterocycles. The van der Waals surface area contributed by atoms with E-state index < -0.39 is 0 Å². The molecule has 0 aromatic carbocycles. The summed E-state index contributed by atoms with van der Waals surface area (Å²) >= 11 is 5.89. The Morgan fingerprint density at radius 3 is 2.94 bits per heavy atom. The first-order valence-electron chi connectivity index (χ1n) is 5.93. The van der Waals surface area contributed by atoms with Gasteiger partial charge in [0.05, 0.1) is 5.69 Å². The van der Waals surface area contributed by atoms with Crippen LogP contribution in [0.3, 0.4) is 0 Å².